The monoisotopic (exact) mass is 427 g/mol. The number of hydrogen-bond donors (Lipinski definition) is 3. The normalized spacial score (nSPS) is 13.2. The van der Waals surface area contributed by atoms with Crippen LogP contribution in [-0.2, 0) is 14.3 Å². The number of furan rings is 1. The van der Waals surface area contributed by atoms with E-state index >= 15 is 0 Å². The molecule has 2 aromatic rings. The third-order valence-corrected chi connectivity index (χ3v) is 4.39. The van der Waals surface area contributed by atoms with Crippen molar-refractivity contribution in [3.8, 4) is 0 Å². The molecule has 3 N–H and O–H groups in total. The number of benzene rings is 1. The Bertz CT molecular complexity index is 1040. The van der Waals surface area contributed by atoms with E-state index in [0.717, 1.165) is 5.56 Å². The van der Waals surface area contributed by atoms with Gasteiger partial charge in [-0.15, -0.1) is 0 Å². The van der Waals surface area contributed by atoms with Crippen LogP contribution in [0.3, 0.4) is 0 Å². The van der Waals surface area contributed by atoms with E-state index in [1.807, 2.05) is 0 Å². The third-order valence-electron chi connectivity index (χ3n) is 4.39. The van der Waals surface area contributed by atoms with Gasteiger partial charge in [0.15, 0.2) is 5.76 Å². The van der Waals surface area contributed by atoms with Crippen LogP contribution in [0.2, 0.25) is 0 Å². The maximum atomic E-state index is 12.5. The van der Waals surface area contributed by atoms with E-state index < -0.39 is 23.9 Å². The number of rotatable bonds is 7. The zero-order valence-electron chi connectivity index (χ0n) is 16.9. The lowest BCUT2D eigenvalue weighted by Crippen LogP contribution is -2.45. The molecule has 10 heteroatoms. The molecule has 3 amide bonds. The topological polar surface area (TPSA) is 136 Å². The van der Waals surface area contributed by atoms with E-state index in [9.17, 15) is 19.2 Å². The minimum absolute atomic E-state index is 0.0367. The van der Waals surface area contributed by atoms with E-state index in [2.05, 4.69) is 16.0 Å². The molecule has 162 valence electrons. The SMILES string of the molecule is CCOC(=O)C1=C(COC(=O)c2ccc(C)c(NC(=O)c3ccco3)c2)NC(=O)NC1. The Hall–Kier alpha value is -4.08. The van der Waals surface area contributed by atoms with Crippen molar-refractivity contribution in [3.05, 3.63) is 64.8 Å². The lowest BCUT2D eigenvalue weighted by Gasteiger charge is -2.21. The van der Waals surface area contributed by atoms with Crippen molar-refractivity contribution < 1.29 is 33.1 Å². The van der Waals surface area contributed by atoms with Gasteiger partial charge in [0, 0.05) is 5.69 Å². The lowest BCUT2D eigenvalue weighted by atomic mass is 10.1. The van der Waals surface area contributed by atoms with Crippen LogP contribution in [0.1, 0.15) is 33.4 Å². The maximum absolute atomic E-state index is 12.5. The molecule has 0 atom stereocenters. The molecule has 0 unspecified atom stereocenters. The van der Waals surface area contributed by atoms with Crippen LogP contribution in [0, 0.1) is 6.92 Å². The fraction of sp³-hybridized carbons (Fsp3) is 0.238. The number of hydrogen-bond acceptors (Lipinski definition) is 7. The van der Waals surface area contributed by atoms with Crippen molar-refractivity contribution in [1.82, 2.24) is 10.6 Å². The average Bonchev–Trinajstić information content (AvgIpc) is 3.29. The molecule has 31 heavy (non-hydrogen) atoms. The van der Waals surface area contributed by atoms with Gasteiger partial charge in [-0.05, 0) is 43.7 Å². The number of carbonyl (C=O) groups excluding carboxylic acids is 4. The summed E-state index contributed by atoms with van der Waals surface area (Å²) in [6, 6.07) is 7.27. The summed E-state index contributed by atoms with van der Waals surface area (Å²) in [6.45, 7) is 3.23. The number of carbonyl (C=O) groups is 4. The van der Waals surface area contributed by atoms with Crippen LogP contribution in [0.4, 0.5) is 10.5 Å². The van der Waals surface area contributed by atoms with E-state index in [0.29, 0.717) is 5.69 Å². The van der Waals surface area contributed by atoms with E-state index in [-0.39, 0.29) is 42.4 Å². The molecule has 0 saturated carbocycles. The molecule has 1 aliphatic rings. The Balaban J connectivity index is 1.72. The predicted molar refractivity (Wildman–Crippen MR) is 108 cm³/mol. The number of nitrogens with one attached hydrogen (secondary N) is 3. The highest BCUT2D eigenvalue weighted by Gasteiger charge is 2.25. The van der Waals surface area contributed by atoms with Crippen molar-refractivity contribution in [2.24, 2.45) is 0 Å². The summed E-state index contributed by atoms with van der Waals surface area (Å²) in [5, 5.41) is 7.60. The van der Waals surface area contributed by atoms with Crippen LogP contribution in [0.15, 0.2) is 52.3 Å². The molecule has 1 aliphatic heterocycles. The summed E-state index contributed by atoms with van der Waals surface area (Å²) < 4.78 is 15.3. The molecule has 0 fully saturated rings. The molecular weight excluding hydrogens is 406 g/mol. The van der Waals surface area contributed by atoms with Crippen LogP contribution >= 0.6 is 0 Å². The Labute approximate surface area is 177 Å². The number of amides is 3. The van der Waals surface area contributed by atoms with Gasteiger partial charge in [0.2, 0.25) is 0 Å². The number of urea groups is 1. The van der Waals surface area contributed by atoms with Gasteiger partial charge < -0.3 is 29.8 Å². The minimum atomic E-state index is -0.697. The Kier molecular flexibility index (Phi) is 6.71. The van der Waals surface area contributed by atoms with Crippen molar-refractivity contribution in [3.63, 3.8) is 0 Å². The minimum Gasteiger partial charge on any atom is -0.463 e. The largest absolute Gasteiger partial charge is 0.463 e. The quantitative estimate of drug-likeness (QED) is 0.576. The van der Waals surface area contributed by atoms with Gasteiger partial charge in [0.25, 0.3) is 5.91 Å². The summed E-state index contributed by atoms with van der Waals surface area (Å²) in [5.41, 5.74) is 1.64. The van der Waals surface area contributed by atoms with Gasteiger partial charge in [-0.2, -0.15) is 0 Å². The summed E-state index contributed by atoms with van der Waals surface area (Å²) in [6.07, 6.45) is 1.38. The molecule has 0 bridgehead atoms. The molecule has 0 radical (unpaired) electrons. The highest BCUT2D eigenvalue weighted by Crippen LogP contribution is 2.19. The first kappa shape index (κ1) is 21.6. The Morgan fingerprint density at radius 2 is 1.97 bits per heavy atom. The summed E-state index contributed by atoms with van der Waals surface area (Å²) in [5.74, 6) is -1.64. The fourth-order valence-corrected chi connectivity index (χ4v) is 2.77. The number of anilines is 1. The lowest BCUT2D eigenvalue weighted by molar-refractivity contribution is -0.138. The summed E-state index contributed by atoms with van der Waals surface area (Å²) in [4.78, 5) is 48.4. The van der Waals surface area contributed by atoms with Crippen LogP contribution in [-0.4, -0.2) is 43.6 Å². The van der Waals surface area contributed by atoms with Gasteiger partial charge in [-0.3, -0.25) is 4.79 Å². The molecular formula is C21H21N3O7. The highest BCUT2D eigenvalue weighted by atomic mass is 16.5. The van der Waals surface area contributed by atoms with Crippen molar-refractivity contribution in [2.75, 3.05) is 25.1 Å². The van der Waals surface area contributed by atoms with Gasteiger partial charge in [0.05, 0.1) is 36.2 Å². The van der Waals surface area contributed by atoms with Gasteiger partial charge in [0.1, 0.15) is 6.61 Å². The smallest absolute Gasteiger partial charge is 0.338 e. The first-order chi connectivity index (χ1) is 14.9. The number of ether oxygens (including phenoxy) is 2. The highest BCUT2D eigenvalue weighted by molar-refractivity contribution is 6.03. The van der Waals surface area contributed by atoms with Gasteiger partial charge in [-0.25, -0.2) is 14.4 Å². The van der Waals surface area contributed by atoms with Crippen LogP contribution < -0.4 is 16.0 Å². The average molecular weight is 427 g/mol. The zero-order chi connectivity index (χ0) is 22.4. The zero-order valence-corrected chi connectivity index (χ0v) is 16.9. The van der Waals surface area contributed by atoms with Crippen LogP contribution in [0.25, 0.3) is 0 Å². The van der Waals surface area contributed by atoms with E-state index in [1.165, 1.54) is 18.4 Å². The maximum Gasteiger partial charge on any atom is 0.338 e. The standard InChI is InChI=1S/C21H21N3O7/c1-3-29-20(27)14-10-22-21(28)24-16(14)11-31-19(26)13-7-6-12(2)15(9-13)23-18(25)17-5-4-8-30-17/h4-9H,3,10-11H2,1-2H3,(H,23,25)(H2,22,24,28). The summed E-state index contributed by atoms with van der Waals surface area (Å²) >= 11 is 0. The molecule has 0 saturated heterocycles. The van der Waals surface area contributed by atoms with E-state index in [4.69, 9.17) is 13.9 Å². The van der Waals surface area contributed by atoms with E-state index in [1.54, 1.807) is 32.0 Å². The molecule has 2 heterocycles. The second kappa shape index (κ2) is 9.61. The molecule has 3 rings (SSSR count). The fourth-order valence-electron chi connectivity index (χ4n) is 2.77. The first-order valence-electron chi connectivity index (χ1n) is 9.45. The van der Waals surface area contributed by atoms with Gasteiger partial charge in [-0.1, -0.05) is 6.07 Å². The molecule has 0 aliphatic carbocycles. The second-order valence-corrected chi connectivity index (χ2v) is 6.52. The first-order valence-corrected chi connectivity index (χ1v) is 9.45. The van der Waals surface area contributed by atoms with Crippen molar-refractivity contribution in [2.45, 2.75) is 13.8 Å². The molecule has 1 aromatic carbocycles. The second-order valence-electron chi connectivity index (χ2n) is 6.52. The van der Waals surface area contributed by atoms with Crippen molar-refractivity contribution in [1.29, 1.82) is 0 Å². The predicted octanol–water partition coefficient (Wildman–Crippen LogP) is 2.13. The Morgan fingerprint density at radius 3 is 2.68 bits per heavy atom. The van der Waals surface area contributed by atoms with Crippen molar-refractivity contribution >= 4 is 29.6 Å². The molecule has 1 aromatic heterocycles. The number of esters is 2. The Morgan fingerprint density at radius 1 is 1.16 bits per heavy atom. The number of aryl methyl sites for hydroxylation is 1. The molecule has 10 nitrogen and oxygen atoms in total. The van der Waals surface area contributed by atoms with Gasteiger partial charge >= 0.3 is 18.0 Å². The molecule has 0 spiro atoms. The van der Waals surface area contributed by atoms with Crippen LogP contribution in [0.5, 0.6) is 0 Å². The third kappa shape index (κ3) is 5.30. The summed E-state index contributed by atoms with van der Waals surface area (Å²) in [7, 11) is 0.